The highest BCUT2D eigenvalue weighted by molar-refractivity contribution is 5.90. The summed E-state index contributed by atoms with van der Waals surface area (Å²) in [5.74, 6) is 0.519. The first kappa shape index (κ1) is 17.8. The third-order valence-corrected chi connectivity index (χ3v) is 4.70. The Labute approximate surface area is 162 Å². The van der Waals surface area contributed by atoms with Crippen molar-refractivity contribution in [3.05, 3.63) is 71.6 Å². The fourth-order valence-electron chi connectivity index (χ4n) is 3.26. The van der Waals surface area contributed by atoms with Crippen molar-refractivity contribution >= 4 is 17.4 Å². The van der Waals surface area contributed by atoms with E-state index in [0.29, 0.717) is 30.9 Å². The van der Waals surface area contributed by atoms with Gasteiger partial charge in [0.25, 0.3) is 5.78 Å². The molecule has 1 amide bonds. The van der Waals surface area contributed by atoms with E-state index in [0.717, 1.165) is 22.5 Å². The molecule has 8 nitrogen and oxygen atoms in total. The van der Waals surface area contributed by atoms with Crippen LogP contribution in [-0.2, 0) is 17.8 Å². The Bertz CT molecular complexity index is 1110. The lowest BCUT2D eigenvalue weighted by atomic mass is 10.1. The van der Waals surface area contributed by atoms with Gasteiger partial charge in [0.2, 0.25) is 5.91 Å². The molecule has 0 atom stereocenters. The van der Waals surface area contributed by atoms with Crippen LogP contribution in [-0.4, -0.2) is 35.3 Å². The fraction of sp³-hybridized carbons (Fsp3) is 0.250. The van der Waals surface area contributed by atoms with Gasteiger partial charge in [0.1, 0.15) is 6.33 Å². The van der Waals surface area contributed by atoms with Crippen LogP contribution in [0.5, 0.6) is 0 Å². The Morgan fingerprint density at radius 2 is 1.96 bits per heavy atom. The van der Waals surface area contributed by atoms with Gasteiger partial charge in [0, 0.05) is 24.0 Å². The first-order valence-corrected chi connectivity index (χ1v) is 9.12. The molecule has 142 valence electrons. The fourth-order valence-corrected chi connectivity index (χ4v) is 3.26. The molecule has 28 heavy (non-hydrogen) atoms. The number of nitrogens with zero attached hydrogens (tertiary/aromatic N) is 6. The predicted octanol–water partition coefficient (Wildman–Crippen LogP) is 2.56. The van der Waals surface area contributed by atoms with E-state index in [9.17, 15) is 4.79 Å². The van der Waals surface area contributed by atoms with E-state index in [1.54, 1.807) is 10.7 Å². The van der Waals surface area contributed by atoms with Crippen LogP contribution < -0.4 is 5.32 Å². The molecule has 0 aliphatic rings. The molecule has 0 spiro atoms. The number of amides is 1. The number of carbonyl (C=O) groups is 1. The van der Waals surface area contributed by atoms with E-state index in [2.05, 4.69) is 25.5 Å². The van der Waals surface area contributed by atoms with Crippen LogP contribution in [0.15, 0.2) is 49.1 Å². The molecule has 0 bridgehead atoms. The maximum absolute atomic E-state index is 12.4. The highest BCUT2D eigenvalue weighted by Crippen LogP contribution is 2.16. The van der Waals surface area contributed by atoms with Crippen LogP contribution in [0, 0.1) is 13.8 Å². The highest BCUT2D eigenvalue weighted by atomic mass is 16.1. The van der Waals surface area contributed by atoms with Crippen LogP contribution in [0.1, 0.15) is 28.9 Å². The Morgan fingerprint density at radius 1 is 1.14 bits per heavy atom. The monoisotopic (exact) mass is 375 g/mol. The van der Waals surface area contributed by atoms with E-state index in [1.807, 2.05) is 55.1 Å². The first-order valence-electron chi connectivity index (χ1n) is 9.12. The third-order valence-electron chi connectivity index (χ3n) is 4.70. The Balaban J connectivity index is 1.38. The van der Waals surface area contributed by atoms with Gasteiger partial charge < -0.3 is 5.32 Å². The first-order chi connectivity index (χ1) is 13.6. The van der Waals surface area contributed by atoms with Gasteiger partial charge >= 0.3 is 0 Å². The number of hydrogen-bond acceptors (Lipinski definition) is 5. The zero-order valence-electron chi connectivity index (χ0n) is 15.8. The van der Waals surface area contributed by atoms with Gasteiger partial charge in [0.15, 0.2) is 0 Å². The second-order valence-corrected chi connectivity index (χ2v) is 6.69. The maximum atomic E-state index is 12.4. The molecule has 0 aliphatic carbocycles. The number of carbonyl (C=O) groups excluding carboxylic acids is 1. The molecule has 0 aliphatic heterocycles. The topological polar surface area (TPSA) is 90.0 Å². The number of fused-ring (bicyclic) bond motifs is 1. The van der Waals surface area contributed by atoms with Gasteiger partial charge in [-0.05, 0) is 31.4 Å². The van der Waals surface area contributed by atoms with Gasteiger partial charge in [0.05, 0.1) is 18.4 Å². The lowest BCUT2D eigenvalue weighted by Crippen LogP contribution is -2.14. The van der Waals surface area contributed by atoms with Gasteiger partial charge in [-0.3, -0.25) is 9.48 Å². The number of rotatable bonds is 6. The van der Waals surface area contributed by atoms with Crippen LogP contribution in [0.2, 0.25) is 0 Å². The summed E-state index contributed by atoms with van der Waals surface area (Å²) in [6.07, 6.45) is 5.93. The summed E-state index contributed by atoms with van der Waals surface area (Å²) in [5, 5.41) is 11.4. The van der Waals surface area contributed by atoms with Crippen molar-refractivity contribution in [3.8, 4) is 0 Å². The summed E-state index contributed by atoms with van der Waals surface area (Å²) < 4.78 is 3.51. The quantitative estimate of drug-likeness (QED) is 0.559. The number of aryl methyl sites for hydroxylation is 2. The van der Waals surface area contributed by atoms with Crippen molar-refractivity contribution in [1.29, 1.82) is 0 Å². The number of aromatic nitrogens is 6. The zero-order chi connectivity index (χ0) is 19.5. The Kier molecular flexibility index (Phi) is 4.84. The van der Waals surface area contributed by atoms with Crippen molar-refractivity contribution < 1.29 is 4.79 Å². The molecular weight excluding hydrogens is 354 g/mol. The van der Waals surface area contributed by atoms with Crippen molar-refractivity contribution in [3.63, 3.8) is 0 Å². The standard InChI is InChI=1S/C20H21N7O/c1-14-18(15(2)27-20(24-14)21-13-23-27)8-9-19(28)25-17-10-22-26(12-17)11-16-6-4-3-5-7-16/h3-7,10,12-13H,8-9,11H2,1-2H3,(H,25,28). The third kappa shape index (κ3) is 3.75. The molecule has 1 N–H and O–H groups in total. The average molecular weight is 375 g/mol. The molecule has 8 heteroatoms. The van der Waals surface area contributed by atoms with E-state index in [4.69, 9.17) is 0 Å². The number of nitrogens with one attached hydrogen (secondary N) is 1. The maximum Gasteiger partial charge on any atom is 0.252 e. The van der Waals surface area contributed by atoms with E-state index >= 15 is 0 Å². The molecule has 4 rings (SSSR count). The largest absolute Gasteiger partial charge is 0.323 e. The lowest BCUT2D eigenvalue weighted by Gasteiger charge is -2.10. The van der Waals surface area contributed by atoms with Crippen molar-refractivity contribution in [2.75, 3.05) is 5.32 Å². The van der Waals surface area contributed by atoms with Crippen molar-refractivity contribution in [2.45, 2.75) is 33.2 Å². The summed E-state index contributed by atoms with van der Waals surface area (Å²) in [5.41, 5.74) is 4.71. The summed E-state index contributed by atoms with van der Waals surface area (Å²) in [7, 11) is 0. The van der Waals surface area contributed by atoms with Gasteiger partial charge in [-0.1, -0.05) is 30.3 Å². The van der Waals surface area contributed by atoms with Crippen LogP contribution >= 0.6 is 0 Å². The van der Waals surface area contributed by atoms with Gasteiger partial charge in [-0.15, -0.1) is 0 Å². The molecule has 3 heterocycles. The molecule has 0 saturated heterocycles. The molecule has 0 fully saturated rings. The molecule has 0 radical (unpaired) electrons. The van der Waals surface area contributed by atoms with Gasteiger partial charge in [-0.25, -0.2) is 9.50 Å². The van der Waals surface area contributed by atoms with E-state index < -0.39 is 0 Å². The second kappa shape index (κ2) is 7.59. The SMILES string of the molecule is Cc1nc2ncnn2c(C)c1CCC(=O)Nc1cnn(Cc2ccccc2)c1. The summed E-state index contributed by atoms with van der Waals surface area (Å²) in [6, 6.07) is 10.1. The summed E-state index contributed by atoms with van der Waals surface area (Å²) in [6.45, 7) is 4.57. The normalized spacial score (nSPS) is 11.1. The van der Waals surface area contributed by atoms with Crippen LogP contribution in [0.25, 0.3) is 5.78 Å². The summed E-state index contributed by atoms with van der Waals surface area (Å²) in [4.78, 5) is 20.9. The number of hydrogen-bond donors (Lipinski definition) is 1. The smallest absolute Gasteiger partial charge is 0.252 e. The molecule has 0 unspecified atom stereocenters. The molecule has 4 aromatic rings. The van der Waals surface area contributed by atoms with E-state index in [1.165, 1.54) is 6.33 Å². The average Bonchev–Trinajstić information content (AvgIpc) is 3.32. The number of anilines is 1. The Morgan fingerprint density at radius 3 is 2.79 bits per heavy atom. The Hall–Kier alpha value is -3.55. The zero-order valence-corrected chi connectivity index (χ0v) is 15.8. The summed E-state index contributed by atoms with van der Waals surface area (Å²) >= 11 is 0. The number of benzene rings is 1. The van der Waals surface area contributed by atoms with Crippen molar-refractivity contribution in [2.24, 2.45) is 0 Å². The molecule has 3 aromatic heterocycles. The second-order valence-electron chi connectivity index (χ2n) is 6.69. The molecule has 1 aromatic carbocycles. The minimum Gasteiger partial charge on any atom is -0.323 e. The van der Waals surface area contributed by atoms with Crippen LogP contribution in [0.4, 0.5) is 5.69 Å². The van der Waals surface area contributed by atoms with Crippen molar-refractivity contribution in [1.82, 2.24) is 29.4 Å². The predicted molar refractivity (Wildman–Crippen MR) is 105 cm³/mol. The van der Waals surface area contributed by atoms with E-state index in [-0.39, 0.29) is 5.91 Å². The molecular formula is C20H21N7O. The minimum absolute atomic E-state index is 0.0586. The van der Waals surface area contributed by atoms with Crippen LogP contribution in [0.3, 0.4) is 0 Å². The van der Waals surface area contributed by atoms with Gasteiger partial charge in [-0.2, -0.15) is 15.2 Å². The minimum atomic E-state index is -0.0586. The highest BCUT2D eigenvalue weighted by Gasteiger charge is 2.13. The lowest BCUT2D eigenvalue weighted by molar-refractivity contribution is -0.116. The molecule has 0 saturated carbocycles.